The quantitative estimate of drug-likeness (QED) is 0.636. The lowest BCUT2D eigenvalue weighted by Gasteiger charge is -2.35. The molecule has 160 valence electrons. The van der Waals surface area contributed by atoms with Crippen molar-refractivity contribution in [2.45, 2.75) is 62.8 Å². The molecule has 0 bridgehead atoms. The van der Waals surface area contributed by atoms with Crippen LogP contribution in [0, 0.1) is 5.92 Å². The number of rotatable bonds is 8. The van der Waals surface area contributed by atoms with E-state index in [2.05, 4.69) is 10.3 Å². The highest BCUT2D eigenvalue weighted by molar-refractivity contribution is 5.93. The second-order valence-electron chi connectivity index (χ2n) is 8.08. The molecule has 1 heterocycles. The number of nitrogens with one attached hydrogen (secondary N) is 1. The number of amides is 2. The summed E-state index contributed by atoms with van der Waals surface area (Å²) in [6.45, 7) is 0.0797. The van der Waals surface area contributed by atoms with E-state index >= 15 is 0 Å². The first-order valence-corrected chi connectivity index (χ1v) is 9.42. The third kappa shape index (κ3) is 4.97. The van der Waals surface area contributed by atoms with Crippen LogP contribution < -0.4 is 15.8 Å². The summed E-state index contributed by atoms with van der Waals surface area (Å²) in [5.41, 5.74) is 2.28. The summed E-state index contributed by atoms with van der Waals surface area (Å²) >= 11 is 0. The van der Waals surface area contributed by atoms with Crippen LogP contribution in [0.3, 0.4) is 0 Å². The van der Waals surface area contributed by atoms with E-state index in [0.717, 1.165) is 25.1 Å². The largest absolute Gasteiger partial charge is 0.484 e. The van der Waals surface area contributed by atoms with Crippen LogP contribution in [-0.2, 0) is 10.5 Å². The summed E-state index contributed by atoms with van der Waals surface area (Å²) in [5.74, 6) is -1.55. The van der Waals surface area contributed by atoms with Crippen molar-refractivity contribution in [1.29, 1.82) is 0 Å². The zero-order valence-corrected chi connectivity index (χ0v) is 15.9. The number of hydrogen-bond acceptors (Lipinski definition) is 4. The van der Waals surface area contributed by atoms with Gasteiger partial charge < -0.3 is 15.8 Å². The van der Waals surface area contributed by atoms with Gasteiger partial charge in [0.05, 0.1) is 0 Å². The SMILES string of the molecule is CC(CC(N)=O)(NC(=O)c1cc(OCC(F)(F)F)c(C2(F)CCC2)cn1)C1CC1. The number of hydrogen-bond donors (Lipinski definition) is 2. The lowest BCUT2D eigenvalue weighted by Crippen LogP contribution is -2.50. The number of primary amides is 1. The highest BCUT2D eigenvalue weighted by atomic mass is 19.4. The Kier molecular flexibility index (Phi) is 5.48. The maximum Gasteiger partial charge on any atom is 0.422 e. The Hall–Kier alpha value is -2.39. The van der Waals surface area contributed by atoms with Crippen molar-refractivity contribution in [3.05, 3.63) is 23.5 Å². The number of pyridine rings is 1. The van der Waals surface area contributed by atoms with Crippen molar-refractivity contribution in [3.63, 3.8) is 0 Å². The molecule has 2 amide bonds. The highest BCUT2D eigenvalue weighted by Crippen LogP contribution is 2.48. The van der Waals surface area contributed by atoms with Gasteiger partial charge in [-0.15, -0.1) is 0 Å². The molecule has 2 saturated carbocycles. The van der Waals surface area contributed by atoms with Crippen molar-refractivity contribution in [1.82, 2.24) is 10.3 Å². The van der Waals surface area contributed by atoms with Crippen molar-refractivity contribution >= 4 is 11.8 Å². The minimum atomic E-state index is -4.61. The molecule has 0 aromatic carbocycles. The molecule has 1 unspecified atom stereocenters. The Morgan fingerprint density at radius 1 is 1.34 bits per heavy atom. The molecular formula is C19H23F4N3O3. The second-order valence-corrected chi connectivity index (χ2v) is 8.08. The van der Waals surface area contributed by atoms with Gasteiger partial charge in [0.1, 0.15) is 17.1 Å². The lowest BCUT2D eigenvalue weighted by atomic mass is 9.77. The van der Waals surface area contributed by atoms with Crippen molar-refractivity contribution < 1.29 is 31.9 Å². The van der Waals surface area contributed by atoms with Crippen molar-refractivity contribution in [3.8, 4) is 5.75 Å². The number of carbonyl (C=O) groups excluding carboxylic acids is 2. The Morgan fingerprint density at radius 2 is 2.00 bits per heavy atom. The van der Waals surface area contributed by atoms with Gasteiger partial charge >= 0.3 is 6.18 Å². The predicted molar refractivity (Wildman–Crippen MR) is 94.8 cm³/mol. The van der Waals surface area contributed by atoms with E-state index in [0.29, 0.717) is 6.42 Å². The molecule has 10 heteroatoms. The summed E-state index contributed by atoms with van der Waals surface area (Å²) in [4.78, 5) is 28.0. The van der Waals surface area contributed by atoms with Crippen LogP contribution >= 0.6 is 0 Å². The first-order chi connectivity index (χ1) is 13.4. The second kappa shape index (κ2) is 7.46. The van der Waals surface area contributed by atoms with Gasteiger partial charge in [-0.2, -0.15) is 13.2 Å². The van der Waals surface area contributed by atoms with Gasteiger partial charge in [0.15, 0.2) is 6.61 Å². The first-order valence-electron chi connectivity index (χ1n) is 9.42. The summed E-state index contributed by atoms with van der Waals surface area (Å²) in [5, 5.41) is 2.71. The molecule has 0 radical (unpaired) electrons. The molecule has 2 aliphatic rings. The van der Waals surface area contributed by atoms with E-state index in [4.69, 9.17) is 10.5 Å². The van der Waals surface area contributed by atoms with Crippen LogP contribution in [-0.4, -0.2) is 35.1 Å². The van der Waals surface area contributed by atoms with E-state index in [1.54, 1.807) is 6.92 Å². The lowest BCUT2D eigenvalue weighted by molar-refractivity contribution is -0.154. The Bertz CT molecular complexity index is 806. The number of nitrogens with two attached hydrogens (primary N) is 1. The minimum Gasteiger partial charge on any atom is -0.484 e. The van der Waals surface area contributed by atoms with Crippen molar-refractivity contribution in [2.24, 2.45) is 11.7 Å². The number of halogens is 4. The summed E-state index contributed by atoms with van der Waals surface area (Å²) in [6.07, 6.45) is -1.08. The van der Waals surface area contributed by atoms with Crippen molar-refractivity contribution in [2.75, 3.05) is 6.61 Å². The maximum atomic E-state index is 14.8. The molecule has 2 fully saturated rings. The van der Waals surface area contributed by atoms with Crippen LogP contribution in [0.4, 0.5) is 17.6 Å². The maximum absolute atomic E-state index is 14.8. The van der Waals surface area contributed by atoms with E-state index in [1.807, 2.05) is 0 Å². The van der Waals surface area contributed by atoms with Gasteiger partial charge in [-0.05, 0) is 44.9 Å². The molecular weight excluding hydrogens is 394 g/mol. The van der Waals surface area contributed by atoms with Gasteiger partial charge in [-0.3, -0.25) is 14.6 Å². The standard InChI is InChI=1S/C19H23F4N3O3/c1-17(8-15(24)27,11-3-4-11)26-16(28)13-7-14(29-10-19(21,22)23)12(9-25-13)18(20)5-2-6-18/h7,9,11H,2-6,8,10H2,1H3,(H2,24,27)(H,26,28). The van der Waals surface area contributed by atoms with Gasteiger partial charge in [-0.1, -0.05) is 0 Å². The number of aromatic nitrogens is 1. The zero-order valence-electron chi connectivity index (χ0n) is 15.9. The van der Waals surface area contributed by atoms with Crippen LogP contribution in [0.15, 0.2) is 12.3 Å². The molecule has 0 spiro atoms. The highest BCUT2D eigenvalue weighted by Gasteiger charge is 2.45. The Labute approximate surface area is 165 Å². The van der Waals surface area contributed by atoms with Crippen LogP contribution in [0.2, 0.25) is 0 Å². The summed E-state index contributed by atoms with van der Waals surface area (Å²) in [7, 11) is 0. The number of carbonyl (C=O) groups is 2. The van der Waals surface area contributed by atoms with Gasteiger partial charge in [0, 0.05) is 29.8 Å². The molecule has 3 N–H and O–H groups in total. The fraction of sp³-hybridized carbons (Fsp3) is 0.632. The molecule has 1 aromatic rings. The van der Waals surface area contributed by atoms with Crippen LogP contribution in [0.25, 0.3) is 0 Å². The number of ether oxygens (including phenoxy) is 1. The molecule has 1 aromatic heterocycles. The Morgan fingerprint density at radius 3 is 2.48 bits per heavy atom. The molecule has 6 nitrogen and oxygen atoms in total. The number of nitrogens with zero attached hydrogens (tertiary/aromatic N) is 1. The average molecular weight is 417 g/mol. The first kappa shape index (κ1) is 21.3. The average Bonchev–Trinajstić information content (AvgIpc) is 3.41. The molecule has 29 heavy (non-hydrogen) atoms. The van der Waals surface area contributed by atoms with Gasteiger partial charge in [-0.25, -0.2) is 4.39 Å². The minimum absolute atomic E-state index is 0.0725. The van der Waals surface area contributed by atoms with E-state index in [1.165, 1.54) is 0 Å². The Balaban J connectivity index is 1.84. The third-order valence-corrected chi connectivity index (χ3v) is 5.54. The summed E-state index contributed by atoms with van der Waals surface area (Å²) < 4.78 is 57.5. The molecule has 1 atom stereocenters. The molecule has 2 aliphatic carbocycles. The molecule has 0 aliphatic heterocycles. The van der Waals surface area contributed by atoms with E-state index < -0.39 is 35.8 Å². The smallest absolute Gasteiger partial charge is 0.422 e. The third-order valence-electron chi connectivity index (χ3n) is 5.54. The number of alkyl halides is 4. The normalized spacial score (nSPS) is 20.3. The fourth-order valence-corrected chi connectivity index (χ4v) is 3.63. The topological polar surface area (TPSA) is 94.3 Å². The van der Waals surface area contributed by atoms with Crippen LogP contribution in [0.1, 0.15) is 61.5 Å². The molecule has 0 saturated heterocycles. The zero-order chi connectivity index (χ0) is 21.4. The fourth-order valence-electron chi connectivity index (χ4n) is 3.63. The van der Waals surface area contributed by atoms with E-state index in [9.17, 15) is 27.2 Å². The molecule has 3 rings (SSSR count). The van der Waals surface area contributed by atoms with Gasteiger partial charge in [0.2, 0.25) is 5.91 Å². The van der Waals surface area contributed by atoms with Crippen LogP contribution in [0.5, 0.6) is 5.75 Å². The van der Waals surface area contributed by atoms with E-state index in [-0.39, 0.29) is 42.2 Å². The monoisotopic (exact) mass is 417 g/mol. The predicted octanol–water partition coefficient (Wildman–Crippen LogP) is 3.15. The summed E-state index contributed by atoms with van der Waals surface area (Å²) in [6, 6.07) is 1.02. The van der Waals surface area contributed by atoms with Gasteiger partial charge in [0.25, 0.3) is 5.91 Å².